The van der Waals surface area contributed by atoms with Crippen LogP contribution in [-0.4, -0.2) is 0 Å². The van der Waals surface area contributed by atoms with Gasteiger partial charge in [-0.15, -0.1) is 0 Å². The van der Waals surface area contributed by atoms with Crippen LogP contribution >= 0.6 is 0 Å². The van der Waals surface area contributed by atoms with Crippen molar-refractivity contribution in [3.63, 3.8) is 0 Å². The Morgan fingerprint density at radius 1 is 0.390 bits per heavy atom. The Labute approximate surface area is 343 Å². The topological polar surface area (TPSA) is 16.4 Å². The van der Waals surface area contributed by atoms with Crippen LogP contribution in [0.25, 0.3) is 87.6 Å². The van der Waals surface area contributed by atoms with E-state index in [1.54, 1.807) is 0 Å². The van der Waals surface area contributed by atoms with E-state index in [1.165, 1.54) is 65.7 Å². The quantitative estimate of drug-likeness (QED) is 0.174. The second-order valence-corrected chi connectivity index (χ2v) is 16.5. The van der Waals surface area contributed by atoms with Crippen LogP contribution in [0.1, 0.15) is 25.0 Å². The van der Waals surface area contributed by atoms with Gasteiger partial charge in [-0.2, -0.15) is 0 Å². The molecule has 0 saturated heterocycles. The van der Waals surface area contributed by atoms with Gasteiger partial charge in [0.25, 0.3) is 0 Å². The lowest BCUT2D eigenvalue weighted by atomic mass is 9.81. The number of para-hydroxylation sites is 2. The van der Waals surface area contributed by atoms with Crippen LogP contribution in [0, 0.1) is 0 Å². The average Bonchev–Trinajstić information content (AvgIpc) is 3.77. The third kappa shape index (κ3) is 5.20. The number of anilines is 3. The van der Waals surface area contributed by atoms with Gasteiger partial charge in [0.15, 0.2) is 0 Å². The summed E-state index contributed by atoms with van der Waals surface area (Å²) in [6.45, 7) is 4.76. The standard InChI is InChI=1S/C57H39NO/c1-57(2)51-34-41-16-6-5-15-40(41)33-50(51)47-30-29-44(35-52(47)57)58(43-27-24-38(25-28-43)46-19-11-20-49-48-18-9-10-21-54(48)59-56(46)49)53-31-26-37-13-7-8-17-45(37)55(53)42-23-22-36-12-3-4-14-39(36)32-42/h3-35H,1-2H3. The lowest BCUT2D eigenvalue weighted by Crippen LogP contribution is -2.17. The second kappa shape index (κ2) is 12.8. The largest absolute Gasteiger partial charge is 0.455 e. The average molecular weight is 754 g/mol. The molecule has 59 heavy (non-hydrogen) atoms. The molecule has 278 valence electrons. The van der Waals surface area contributed by atoms with Crippen LogP contribution in [0.5, 0.6) is 0 Å². The first-order valence-corrected chi connectivity index (χ1v) is 20.5. The van der Waals surface area contributed by atoms with E-state index in [9.17, 15) is 0 Å². The van der Waals surface area contributed by atoms with Crippen LogP contribution in [0.4, 0.5) is 17.1 Å². The maximum absolute atomic E-state index is 6.49. The Morgan fingerprint density at radius 2 is 1.00 bits per heavy atom. The van der Waals surface area contributed by atoms with Gasteiger partial charge in [0.2, 0.25) is 0 Å². The summed E-state index contributed by atoms with van der Waals surface area (Å²) in [5, 5.41) is 9.72. The fourth-order valence-electron chi connectivity index (χ4n) is 9.83. The summed E-state index contributed by atoms with van der Waals surface area (Å²) in [4.78, 5) is 2.47. The highest BCUT2D eigenvalue weighted by molar-refractivity contribution is 6.10. The first kappa shape index (κ1) is 33.7. The molecule has 12 rings (SSSR count). The zero-order valence-electron chi connectivity index (χ0n) is 32.9. The second-order valence-electron chi connectivity index (χ2n) is 16.5. The van der Waals surface area contributed by atoms with E-state index in [4.69, 9.17) is 4.42 Å². The van der Waals surface area contributed by atoms with Crippen LogP contribution in [0.2, 0.25) is 0 Å². The molecule has 0 bridgehead atoms. The Hall–Kier alpha value is -7.42. The first-order valence-electron chi connectivity index (χ1n) is 20.5. The molecule has 0 spiro atoms. The Kier molecular flexibility index (Phi) is 7.31. The summed E-state index contributed by atoms with van der Waals surface area (Å²) in [6.07, 6.45) is 0. The lowest BCUT2D eigenvalue weighted by molar-refractivity contribution is 0.661. The molecule has 0 N–H and O–H groups in total. The van der Waals surface area contributed by atoms with Crippen molar-refractivity contribution in [3.8, 4) is 33.4 Å². The van der Waals surface area contributed by atoms with Gasteiger partial charge < -0.3 is 9.32 Å². The minimum atomic E-state index is -0.184. The van der Waals surface area contributed by atoms with Crippen molar-refractivity contribution in [3.05, 3.63) is 211 Å². The Bertz CT molecular complexity index is 3480. The molecule has 0 amide bonds. The molecule has 0 unspecified atom stereocenters. The number of fused-ring (bicyclic) bond motifs is 9. The molecule has 0 saturated carbocycles. The third-order valence-corrected chi connectivity index (χ3v) is 12.8. The predicted octanol–water partition coefficient (Wildman–Crippen LogP) is 16.2. The minimum Gasteiger partial charge on any atom is -0.455 e. The SMILES string of the molecule is CC1(C)c2cc(N(c3ccc(-c4cccc5c4oc4ccccc45)cc3)c3ccc4ccccc4c3-c3ccc4ccccc4c3)ccc2-c2cc3ccccc3cc21. The lowest BCUT2D eigenvalue weighted by Gasteiger charge is -2.30. The molecule has 0 aliphatic heterocycles. The molecular formula is C57H39NO. The van der Waals surface area contributed by atoms with Gasteiger partial charge in [0, 0.05) is 38.7 Å². The Balaban J connectivity index is 1.08. The molecule has 1 aliphatic rings. The van der Waals surface area contributed by atoms with E-state index in [1.807, 2.05) is 6.07 Å². The Morgan fingerprint density at radius 3 is 1.81 bits per heavy atom. The minimum absolute atomic E-state index is 0.184. The summed E-state index contributed by atoms with van der Waals surface area (Å²) in [7, 11) is 0. The van der Waals surface area contributed by atoms with Crippen LogP contribution < -0.4 is 4.90 Å². The smallest absolute Gasteiger partial charge is 0.143 e. The zero-order valence-corrected chi connectivity index (χ0v) is 32.9. The molecule has 0 radical (unpaired) electrons. The van der Waals surface area contributed by atoms with E-state index in [2.05, 4.69) is 213 Å². The summed E-state index contributed by atoms with van der Waals surface area (Å²) >= 11 is 0. The molecule has 1 heterocycles. The molecule has 10 aromatic carbocycles. The van der Waals surface area contributed by atoms with Gasteiger partial charge in [0.05, 0.1) is 5.69 Å². The first-order chi connectivity index (χ1) is 29.0. The molecule has 1 aliphatic carbocycles. The number of rotatable bonds is 5. The van der Waals surface area contributed by atoms with Gasteiger partial charge in [-0.25, -0.2) is 0 Å². The molecule has 2 heteroatoms. The monoisotopic (exact) mass is 753 g/mol. The van der Waals surface area contributed by atoms with Gasteiger partial charge in [0.1, 0.15) is 11.2 Å². The van der Waals surface area contributed by atoms with Crippen LogP contribution in [0.15, 0.2) is 205 Å². The van der Waals surface area contributed by atoms with Crippen molar-refractivity contribution < 1.29 is 4.42 Å². The van der Waals surface area contributed by atoms with E-state index >= 15 is 0 Å². The van der Waals surface area contributed by atoms with Crippen molar-refractivity contribution >= 4 is 71.3 Å². The summed E-state index contributed by atoms with van der Waals surface area (Å²) in [5.41, 5.74) is 14.9. The molecule has 11 aromatic rings. The number of nitrogens with zero attached hydrogens (tertiary/aromatic N) is 1. The van der Waals surface area contributed by atoms with Gasteiger partial charge in [-0.05, 0) is 120 Å². The van der Waals surface area contributed by atoms with Crippen molar-refractivity contribution in [2.75, 3.05) is 4.90 Å². The van der Waals surface area contributed by atoms with Crippen molar-refractivity contribution in [1.82, 2.24) is 0 Å². The zero-order chi connectivity index (χ0) is 39.2. The summed E-state index contributed by atoms with van der Waals surface area (Å²) in [5.74, 6) is 0. The molecule has 1 aromatic heterocycles. The predicted molar refractivity (Wildman–Crippen MR) is 249 cm³/mol. The van der Waals surface area contributed by atoms with Crippen LogP contribution in [-0.2, 0) is 5.41 Å². The number of furan rings is 1. The highest BCUT2D eigenvalue weighted by atomic mass is 16.3. The number of benzene rings is 10. The van der Waals surface area contributed by atoms with E-state index in [0.717, 1.165) is 50.1 Å². The normalized spacial score (nSPS) is 13.1. The van der Waals surface area contributed by atoms with E-state index in [-0.39, 0.29) is 5.41 Å². The third-order valence-electron chi connectivity index (χ3n) is 12.8. The molecule has 0 atom stereocenters. The maximum atomic E-state index is 6.49. The van der Waals surface area contributed by atoms with Gasteiger partial charge >= 0.3 is 0 Å². The summed E-state index contributed by atoms with van der Waals surface area (Å²) < 4.78 is 6.49. The van der Waals surface area contributed by atoms with E-state index < -0.39 is 0 Å². The summed E-state index contributed by atoms with van der Waals surface area (Å²) in [6, 6.07) is 73.4. The van der Waals surface area contributed by atoms with Crippen molar-refractivity contribution in [1.29, 1.82) is 0 Å². The number of hydrogen-bond acceptors (Lipinski definition) is 2. The van der Waals surface area contributed by atoms with Gasteiger partial charge in [-0.3, -0.25) is 0 Å². The van der Waals surface area contributed by atoms with Crippen molar-refractivity contribution in [2.24, 2.45) is 0 Å². The molecule has 0 fully saturated rings. The van der Waals surface area contributed by atoms with E-state index in [0.29, 0.717) is 0 Å². The molecular weight excluding hydrogens is 715 g/mol. The fraction of sp³-hybridized carbons (Fsp3) is 0.0526. The fourth-order valence-corrected chi connectivity index (χ4v) is 9.83. The maximum Gasteiger partial charge on any atom is 0.143 e. The highest BCUT2D eigenvalue weighted by Crippen LogP contribution is 2.53. The van der Waals surface area contributed by atoms with Crippen LogP contribution in [0.3, 0.4) is 0 Å². The number of hydrogen-bond donors (Lipinski definition) is 0. The molecule has 2 nitrogen and oxygen atoms in total. The van der Waals surface area contributed by atoms with Crippen molar-refractivity contribution in [2.45, 2.75) is 19.3 Å². The highest BCUT2D eigenvalue weighted by Gasteiger charge is 2.36. The van der Waals surface area contributed by atoms with Gasteiger partial charge in [-0.1, -0.05) is 159 Å².